The quantitative estimate of drug-likeness (QED) is 0.617. The summed E-state index contributed by atoms with van der Waals surface area (Å²) in [5.74, 6) is 0. The minimum Gasteiger partial charge on any atom is -0.395 e. The number of aryl methyl sites for hydroxylation is 1. The van der Waals surface area contributed by atoms with Crippen LogP contribution in [-0.4, -0.2) is 32.5 Å². The van der Waals surface area contributed by atoms with Crippen molar-refractivity contribution in [3.05, 3.63) is 12.7 Å². The van der Waals surface area contributed by atoms with Crippen LogP contribution in [-0.2, 0) is 6.54 Å². The van der Waals surface area contributed by atoms with Gasteiger partial charge < -0.3 is 10.8 Å². The zero-order chi connectivity index (χ0) is 8.81. The molecule has 0 fully saturated rings. The lowest BCUT2D eigenvalue weighted by atomic mass is 10.2. The lowest BCUT2D eigenvalue weighted by Crippen LogP contribution is -2.24. The summed E-state index contributed by atoms with van der Waals surface area (Å²) in [7, 11) is 0. The van der Waals surface area contributed by atoms with Crippen molar-refractivity contribution in [3.63, 3.8) is 0 Å². The number of hydrogen-bond acceptors (Lipinski definition) is 4. The molecule has 1 heterocycles. The van der Waals surface area contributed by atoms with E-state index in [-0.39, 0.29) is 12.6 Å². The predicted molar refractivity (Wildman–Crippen MR) is 44.3 cm³/mol. The van der Waals surface area contributed by atoms with Gasteiger partial charge in [-0.05, 0) is 12.8 Å². The molecule has 1 rings (SSSR count). The number of rotatable bonds is 5. The van der Waals surface area contributed by atoms with Gasteiger partial charge in [-0.1, -0.05) is 0 Å². The van der Waals surface area contributed by atoms with Gasteiger partial charge in [-0.25, -0.2) is 4.98 Å². The highest BCUT2D eigenvalue weighted by Crippen LogP contribution is 1.95. The van der Waals surface area contributed by atoms with Gasteiger partial charge in [0.25, 0.3) is 0 Å². The maximum atomic E-state index is 8.63. The van der Waals surface area contributed by atoms with Crippen molar-refractivity contribution in [2.24, 2.45) is 5.73 Å². The highest BCUT2D eigenvalue weighted by molar-refractivity contribution is 4.60. The SMILES string of the molecule is NC(CO)CCCn1cncn1. The zero-order valence-corrected chi connectivity index (χ0v) is 6.93. The molecule has 5 nitrogen and oxygen atoms in total. The van der Waals surface area contributed by atoms with E-state index in [1.807, 2.05) is 0 Å². The molecule has 0 spiro atoms. The summed E-state index contributed by atoms with van der Waals surface area (Å²) < 4.78 is 1.75. The third kappa shape index (κ3) is 2.98. The maximum Gasteiger partial charge on any atom is 0.137 e. The van der Waals surface area contributed by atoms with Crippen LogP contribution in [0.15, 0.2) is 12.7 Å². The van der Waals surface area contributed by atoms with Gasteiger partial charge in [-0.2, -0.15) is 5.10 Å². The lowest BCUT2D eigenvalue weighted by Gasteiger charge is -2.06. The first kappa shape index (κ1) is 9.15. The number of aliphatic hydroxyl groups is 1. The molecule has 0 aromatic carbocycles. The second-order valence-corrected chi connectivity index (χ2v) is 2.74. The number of nitrogens with zero attached hydrogens (tertiary/aromatic N) is 3. The average molecular weight is 170 g/mol. The predicted octanol–water partition coefficient (Wildman–Crippen LogP) is -0.622. The van der Waals surface area contributed by atoms with Gasteiger partial charge >= 0.3 is 0 Å². The number of hydrogen-bond donors (Lipinski definition) is 2. The Morgan fingerprint density at radius 2 is 2.42 bits per heavy atom. The summed E-state index contributed by atoms with van der Waals surface area (Å²) in [5.41, 5.74) is 5.52. The Hall–Kier alpha value is -0.940. The summed E-state index contributed by atoms with van der Waals surface area (Å²) in [5, 5.41) is 12.6. The van der Waals surface area contributed by atoms with Crippen molar-refractivity contribution in [1.29, 1.82) is 0 Å². The minimum atomic E-state index is -0.103. The summed E-state index contributed by atoms with van der Waals surface area (Å²) in [4.78, 5) is 3.81. The second-order valence-electron chi connectivity index (χ2n) is 2.74. The van der Waals surface area contributed by atoms with Gasteiger partial charge in [-0.15, -0.1) is 0 Å². The number of nitrogens with two attached hydrogens (primary N) is 1. The van der Waals surface area contributed by atoms with Crippen LogP contribution in [0.25, 0.3) is 0 Å². The Balaban J connectivity index is 2.11. The van der Waals surface area contributed by atoms with Crippen LogP contribution in [0.3, 0.4) is 0 Å². The van der Waals surface area contributed by atoms with Gasteiger partial charge in [0.1, 0.15) is 12.7 Å². The molecule has 0 aliphatic rings. The minimum absolute atomic E-state index is 0.0529. The van der Waals surface area contributed by atoms with E-state index in [4.69, 9.17) is 10.8 Å². The van der Waals surface area contributed by atoms with E-state index in [9.17, 15) is 0 Å². The second kappa shape index (κ2) is 4.84. The molecular weight excluding hydrogens is 156 g/mol. The molecule has 0 saturated heterocycles. The average Bonchev–Trinajstić information content (AvgIpc) is 2.57. The molecule has 12 heavy (non-hydrogen) atoms. The standard InChI is InChI=1S/C7H14N4O/c8-7(4-12)2-1-3-11-6-9-5-10-11/h5-7,12H,1-4,8H2. The molecule has 0 bridgehead atoms. The van der Waals surface area contributed by atoms with E-state index in [0.29, 0.717) is 0 Å². The van der Waals surface area contributed by atoms with Crippen LogP contribution in [0.5, 0.6) is 0 Å². The molecule has 5 heteroatoms. The fourth-order valence-electron chi connectivity index (χ4n) is 0.955. The van der Waals surface area contributed by atoms with Crippen LogP contribution in [0, 0.1) is 0 Å². The molecule has 1 aromatic heterocycles. The molecule has 0 saturated carbocycles. The smallest absolute Gasteiger partial charge is 0.137 e. The summed E-state index contributed by atoms with van der Waals surface area (Å²) in [6.45, 7) is 0.866. The summed E-state index contributed by atoms with van der Waals surface area (Å²) >= 11 is 0. The van der Waals surface area contributed by atoms with Crippen LogP contribution >= 0.6 is 0 Å². The Labute approximate surface area is 71.2 Å². The highest BCUT2D eigenvalue weighted by atomic mass is 16.3. The molecule has 0 radical (unpaired) electrons. The summed E-state index contributed by atoms with van der Waals surface area (Å²) in [6.07, 6.45) is 4.91. The van der Waals surface area contributed by atoms with Crippen LogP contribution in [0.2, 0.25) is 0 Å². The van der Waals surface area contributed by atoms with E-state index in [2.05, 4.69) is 10.1 Å². The largest absolute Gasteiger partial charge is 0.395 e. The van der Waals surface area contributed by atoms with Crippen molar-refractivity contribution in [2.45, 2.75) is 25.4 Å². The molecule has 3 N–H and O–H groups in total. The number of aliphatic hydroxyl groups excluding tert-OH is 1. The molecule has 0 amide bonds. The Kier molecular flexibility index (Phi) is 3.69. The van der Waals surface area contributed by atoms with E-state index < -0.39 is 0 Å². The van der Waals surface area contributed by atoms with Crippen molar-refractivity contribution < 1.29 is 5.11 Å². The first-order valence-electron chi connectivity index (χ1n) is 4.02. The molecular formula is C7H14N4O. The normalized spacial score (nSPS) is 13.2. The molecule has 1 aromatic rings. The fourth-order valence-corrected chi connectivity index (χ4v) is 0.955. The number of aromatic nitrogens is 3. The topological polar surface area (TPSA) is 77.0 Å². The first-order chi connectivity index (χ1) is 5.83. The molecule has 1 atom stereocenters. The maximum absolute atomic E-state index is 8.63. The molecule has 68 valence electrons. The Bertz CT molecular complexity index is 199. The van der Waals surface area contributed by atoms with Crippen molar-refractivity contribution in [2.75, 3.05) is 6.61 Å². The first-order valence-corrected chi connectivity index (χ1v) is 4.02. The van der Waals surface area contributed by atoms with Gasteiger partial charge in [0.2, 0.25) is 0 Å². The van der Waals surface area contributed by atoms with E-state index >= 15 is 0 Å². The molecule has 0 aliphatic heterocycles. The van der Waals surface area contributed by atoms with Crippen molar-refractivity contribution >= 4 is 0 Å². The fraction of sp³-hybridized carbons (Fsp3) is 0.714. The van der Waals surface area contributed by atoms with Crippen LogP contribution in [0.1, 0.15) is 12.8 Å². The van der Waals surface area contributed by atoms with Gasteiger partial charge in [0, 0.05) is 12.6 Å². The Morgan fingerprint density at radius 1 is 1.58 bits per heavy atom. The Morgan fingerprint density at radius 3 is 3.00 bits per heavy atom. The van der Waals surface area contributed by atoms with Gasteiger partial charge in [0.05, 0.1) is 6.61 Å². The van der Waals surface area contributed by atoms with Gasteiger partial charge in [-0.3, -0.25) is 4.68 Å². The monoisotopic (exact) mass is 170 g/mol. The van der Waals surface area contributed by atoms with E-state index in [1.54, 1.807) is 11.0 Å². The third-order valence-corrected chi connectivity index (χ3v) is 1.66. The highest BCUT2D eigenvalue weighted by Gasteiger charge is 1.99. The van der Waals surface area contributed by atoms with Crippen molar-refractivity contribution in [3.8, 4) is 0 Å². The molecule has 1 unspecified atom stereocenters. The lowest BCUT2D eigenvalue weighted by molar-refractivity contribution is 0.256. The van der Waals surface area contributed by atoms with Crippen LogP contribution < -0.4 is 5.73 Å². The van der Waals surface area contributed by atoms with E-state index in [1.165, 1.54) is 6.33 Å². The molecule has 0 aliphatic carbocycles. The van der Waals surface area contributed by atoms with Crippen molar-refractivity contribution in [1.82, 2.24) is 14.8 Å². The zero-order valence-electron chi connectivity index (χ0n) is 6.93. The van der Waals surface area contributed by atoms with Gasteiger partial charge in [0.15, 0.2) is 0 Å². The van der Waals surface area contributed by atoms with E-state index in [0.717, 1.165) is 19.4 Å². The third-order valence-electron chi connectivity index (χ3n) is 1.66. The summed E-state index contributed by atoms with van der Waals surface area (Å²) in [6, 6.07) is -0.103. The van der Waals surface area contributed by atoms with Crippen LogP contribution in [0.4, 0.5) is 0 Å².